The van der Waals surface area contributed by atoms with Crippen LogP contribution in [0.5, 0.6) is 0 Å². The van der Waals surface area contributed by atoms with E-state index in [9.17, 15) is 9.59 Å². The van der Waals surface area contributed by atoms with E-state index in [0.29, 0.717) is 13.0 Å². The fourth-order valence-corrected chi connectivity index (χ4v) is 1.66. The second kappa shape index (κ2) is 4.25. The maximum Gasteiger partial charge on any atom is 0.222 e. The molecule has 13 heavy (non-hydrogen) atoms. The van der Waals surface area contributed by atoms with Crippen LogP contribution in [0.4, 0.5) is 0 Å². The van der Waals surface area contributed by atoms with E-state index in [1.54, 1.807) is 4.90 Å². The first-order valence-electron chi connectivity index (χ1n) is 4.72. The van der Waals surface area contributed by atoms with Crippen molar-refractivity contribution in [3.05, 3.63) is 0 Å². The van der Waals surface area contributed by atoms with Crippen LogP contribution in [-0.2, 0) is 9.59 Å². The highest BCUT2D eigenvalue weighted by atomic mass is 16.2. The van der Waals surface area contributed by atoms with Crippen LogP contribution in [0.1, 0.15) is 26.2 Å². The van der Waals surface area contributed by atoms with Gasteiger partial charge in [0.15, 0.2) is 0 Å². The van der Waals surface area contributed by atoms with Crippen molar-refractivity contribution in [3.63, 3.8) is 0 Å². The molecule has 0 bridgehead atoms. The van der Waals surface area contributed by atoms with Crippen molar-refractivity contribution in [2.45, 2.75) is 26.2 Å². The second-order valence-electron chi connectivity index (χ2n) is 3.43. The second-order valence-corrected chi connectivity index (χ2v) is 3.43. The smallest absolute Gasteiger partial charge is 0.222 e. The van der Waals surface area contributed by atoms with Crippen molar-refractivity contribution in [1.82, 2.24) is 4.90 Å². The number of amides is 2. The standard InChI is InChI=1S/C9H16N2O2/c1-2-8(12)11-5-3-4-7(6-11)9(10)13/h7H,2-6H2,1H3,(H2,10,13). The molecule has 0 aromatic rings. The lowest BCUT2D eigenvalue weighted by Gasteiger charge is -2.30. The van der Waals surface area contributed by atoms with Crippen LogP contribution in [0.15, 0.2) is 0 Å². The van der Waals surface area contributed by atoms with Gasteiger partial charge in [0, 0.05) is 19.5 Å². The number of likely N-dealkylation sites (tertiary alicyclic amines) is 1. The van der Waals surface area contributed by atoms with E-state index in [-0.39, 0.29) is 17.7 Å². The van der Waals surface area contributed by atoms with Gasteiger partial charge in [0.2, 0.25) is 11.8 Å². The number of hydrogen-bond acceptors (Lipinski definition) is 2. The summed E-state index contributed by atoms with van der Waals surface area (Å²) in [7, 11) is 0. The van der Waals surface area contributed by atoms with Crippen molar-refractivity contribution in [3.8, 4) is 0 Å². The average molecular weight is 184 g/mol. The van der Waals surface area contributed by atoms with E-state index >= 15 is 0 Å². The SMILES string of the molecule is CCC(=O)N1CCCC(C(N)=O)C1. The lowest BCUT2D eigenvalue weighted by molar-refractivity contribution is -0.134. The number of carbonyl (C=O) groups excluding carboxylic acids is 2. The summed E-state index contributed by atoms with van der Waals surface area (Å²) in [5.41, 5.74) is 5.19. The van der Waals surface area contributed by atoms with E-state index in [2.05, 4.69) is 0 Å². The summed E-state index contributed by atoms with van der Waals surface area (Å²) in [4.78, 5) is 23.9. The molecule has 1 unspecified atom stereocenters. The highest BCUT2D eigenvalue weighted by Gasteiger charge is 2.25. The van der Waals surface area contributed by atoms with Gasteiger partial charge in [-0.15, -0.1) is 0 Å². The average Bonchev–Trinajstić information content (AvgIpc) is 2.17. The number of primary amides is 1. The molecule has 1 rings (SSSR count). The molecule has 0 spiro atoms. The molecule has 4 nitrogen and oxygen atoms in total. The molecular formula is C9H16N2O2. The fraction of sp³-hybridized carbons (Fsp3) is 0.778. The Bertz CT molecular complexity index is 216. The predicted octanol–water partition coefficient (Wildman–Crippen LogP) is 0.120. The maximum absolute atomic E-state index is 11.3. The summed E-state index contributed by atoms with van der Waals surface area (Å²) in [5.74, 6) is -0.302. The minimum absolute atomic E-state index is 0.117. The van der Waals surface area contributed by atoms with Crippen molar-refractivity contribution >= 4 is 11.8 Å². The molecule has 1 fully saturated rings. The van der Waals surface area contributed by atoms with E-state index in [0.717, 1.165) is 19.4 Å². The van der Waals surface area contributed by atoms with Gasteiger partial charge in [0.25, 0.3) is 0 Å². The van der Waals surface area contributed by atoms with Crippen LogP contribution in [0, 0.1) is 5.92 Å². The summed E-state index contributed by atoms with van der Waals surface area (Å²) in [6.07, 6.45) is 2.22. The third-order valence-electron chi connectivity index (χ3n) is 2.48. The number of hydrogen-bond donors (Lipinski definition) is 1. The van der Waals surface area contributed by atoms with E-state index in [4.69, 9.17) is 5.73 Å². The van der Waals surface area contributed by atoms with E-state index < -0.39 is 0 Å². The minimum atomic E-state index is -0.284. The van der Waals surface area contributed by atoms with Gasteiger partial charge in [-0.25, -0.2) is 0 Å². The molecule has 1 aliphatic heterocycles. The zero-order valence-corrected chi connectivity index (χ0v) is 7.95. The minimum Gasteiger partial charge on any atom is -0.369 e. The van der Waals surface area contributed by atoms with Crippen molar-refractivity contribution in [1.29, 1.82) is 0 Å². The summed E-state index contributed by atoms with van der Waals surface area (Å²) >= 11 is 0. The molecular weight excluding hydrogens is 168 g/mol. The summed E-state index contributed by atoms with van der Waals surface area (Å²) in [6.45, 7) is 3.12. The summed E-state index contributed by atoms with van der Waals surface area (Å²) in [5, 5.41) is 0. The van der Waals surface area contributed by atoms with Crippen LogP contribution in [-0.4, -0.2) is 29.8 Å². The quantitative estimate of drug-likeness (QED) is 0.662. The topological polar surface area (TPSA) is 63.4 Å². The number of rotatable bonds is 2. The molecule has 0 saturated carbocycles. The number of carbonyl (C=O) groups is 2. The largest absolute Gasteiger partial charge is 0.369 e. The van der Waals surface area contributed by atoms with Crippen LogP contribution < -0.4 is 5.73 Å². The lowest BCUT2D eigenvalue weighted by Crippen LogP contribution is -2.43. The first-order chi connectivity index (χ1) is 6.15. The molecule has 0 aromatic heterocycles. The molecule has 0 radical (unpaired) electrons. The summed E-state index contributed by atoms with van der Waals surface area (Å²) in [6, 6.07) is 0. The van der Waals surface area contributed by atoms with Gasteiger partial charge in [-0.05, 0) is 12.8 Å². The Morgan fingerprint density at radius 1 is 1.54 bits per heavy atom. The molecule has 1 aliphatic rings. The predicted molar refractivity (Wildman–Crippen MR) is 48.8 cm³/mol. The van der Waals surface area contributed by atoms with Gasteiger partial charge in [-0.3, -0.25) is 9.59 Å². The van der Waals surface area contributed by atoms with Gasteiger partial charge in [-0.2, -0.15) is 0 Å². The fourth-order valence-electron chi connectivity index (χ4n) is 1.66. The van der Waals surface area contributed by atoms with Crippen molar-refractivity contribution in [2.75, 3.05) is 13.1 Å². The molecule has 74 valence electrons. The van der Waals surface area contributed by atoms with Crippen LogP contribution in [0.2, 0.25) is 0 Å². The Morgan fingerprint density at radius 3 is 2.77 bits per heavy atom. The monoisotopic (exact) mass is 184 g/mol. The normalized spacial score (nSPS) is 22.8. The Labute approximate surface area is 78.1 Å². The van der Waals surface area contributed by atoms with Gasteiger partial charge in [0.1, 0.15) is 0 Å². The van der Waals surface area contributed by atoms with Crippen LogP contribution in [0.25, 0.3) is 0 Å². The zero-order chi connectivity index (χ0) is 9.84. The molecule has 0 aromatic carbocycles. The molecule has 4 heteroatoms. The molecule has 2 amide bonds. The van der Waals surface area contributed by atoms with Gasteiger partial charge in [-0.1, -0.05) is 6.92 Å². The third kappa shape index (κ3) is 2.44. The van der Waals surface area contributed by atoms with Crippen molar-refractivity contribution < 1.29 is 9.59 Å². The van der Waals surface area contributed by atoms with Crippen LogP contribution >= 0.6 is 0 Å². The van der Waals surface area contributed by atoms with E-state index in [1.807, 2.05) is 6.92 Å². The number of piperidine rings is 1. The van der Waals surface area contributed by atoms with Gasteiger partial charge in [0.05, 0.1) is 5.92 Å². The Balaban J connectivity index is 2.51. The summed E-state index contributed by atoms with van der Waals surface area (Å²) < 4.78 is 0. The van der Waals surface area contributed by atoms with Crippen LogP contribution in [0.3, 0.4) is 0 Å². The first-order valence-corrected chi connectivity index (χ1v) is 4.72. The first kappa shape index (κ1) is 10.0. The molecule has 1 heterocycles. The number of nitrogens with two attached hydrogens (primary N) is 1. The van der Waals surface area contributed by atoms with E-state index in [1.165, 1.54) is 0 Å². The lowest BCUT2D eigenvalue weighted by atomic mass is 9.97. The Morgan fingerprint density at radius 2 is 2.23 bits per heavy atom. The molecule has 2 N–H and O–H groups in total. The Hall–Kier alpha value is -1.06. The number of nitrogens with zero attached hydrogens (tertiary/aromatic N) is 1. The molecule has 1 saturated heterocycles. The maximum atomic E-state index is 11.3. The molecule has 0 aliphatic carbocycles. The van der Waals surface area contributed by atoms with Gasteiger partial charge >= 0.3 is 0 Å². The van der Waals surface area contributed by atoms with Gasteiger partial charge < -0.3 is 10.6 Å². The highest BCUT2D eigenvalue weighted by molar-refractivity contribution is 5.80. The van der Waals surface area contributed by atoms with Crippen molar-refractivity contribution in [2.24, 2.45) is 11.7 Å². The Kier molecular flexibility index (Phi) is 3.28. The third-order valence-corrected chi connectivity index (χ3v) is 2.48. The highest BCUT2D eigenvalue weighted by Crippen LogP contribution is 2.16. The molecule has 1 atom stereocenters. The zero-order valence-electron chi connectivity index (χ0n) is 7.95.